The predicted octanol–water partition coefficient (Wildman–Crippen LogP) is 3.18. The standard InChI is InChI=1S/C18H30N2O2/c1-14-10-17(22-19-14)11-16-12-20(13-18(16)21)9-8-15-6-4-2-3-5-7-15/h10,15-16,18,21H,2-9,11-13H2,1H3/t16-,18-/m1/s1. The summed E-state index contributed by atoms with van der Waals surface area (Å²) in [6, 6.07) is 1.99. The Morgan fingerprint density at radius 2 is 2.00 bits per heavy atom. The van der Waals surface area contributed by atoms with Crippen LogP contribution in [-0.2, 0) is 6.42 Å². The minimum absolute atomic E-state index is 0.223. The van der Waals surface area contributed by atoms with Crippen molar-refractivity contribution in [3.63, 3.8) is 0 Å². The Balaban J connectivity index is 1.43. The number of rotatable bonds is 5. The molecule has 1 saturated carbocycles. The lowest BCUT2D eigenvalue weighted by Gasteiger charge is -2.20. The van der Waals surface area contributed by atoms with Crippen molar-refractivity contribution in [2.24, 2.45) is 11.8 Å². The van der Waals surface area contributed by atoms with Gasteiger partial charge in [0, 0.05) is 31.5 Å². The summed E-state index contributed by atoms with van der Waals surface area (Å²) in [4.78, 5) is 2.45. The smallest absolute Gasteiger partial charge is 0.137 e. The molecule has 4 heteroatoms. The van der Waals surface area contributed by atoms with Crippen molar-refractivity contribution >= 4 is 0 Å². The van der Waals surface area contributed by atoms with Crippen molar-refractivity contribution in [3.05, 3.63) is 17.5 Å². The number of aryl methyl sites for hydroxylation is 1. The summed E-state index contributed by atoms with van der Waals surface area (Å²) >= 11 is 0. The van der Waals surface area contributed by atoms with Crippen molar-refractivity contribution in [2.45, 2.75) is 64.4 Å². The molecule has 2 atom stereocenters. The second kappa shape index (κ2) is 7.60. The Morgan fingerprint density at radius 1 is 1.23 bits per heavy atom. The average Bonchev–Trinajstić information content (AvgIpc) is 2.95. The molecule has 2 fully saturated rings. The number of β-amino-alcohol motifs (C(OH)–C–C–N with tert-alkyl or cyclic N) is 1. The van der Waals surface area contributed by atoms with Gasteiger partial charge in [0.1, 0.15) is 5.76 Å². The van der Waals surface area contributed by atoms with Gasteiger partial charge in [-0.3, -0.25) is 0 Å². The number of hydrogen-bond acceptors (Lipinski definition) is 4. The first-order valence-corrected chi connectivity index (χ1v) is 9.03. The van der Waals surface area contributed by atoms with Crippen molar-refractivity contribution < 1.29 is 9.63 Å². The van der Waals surface area contributed by atoms with Crippen LogP contribution in [0.25, 0.3) is 0 Å². The van der Waals surface area contributed by atoms with E-state index in [9.17, 15) is 5.11 Å². The Labute approximate surface area is 133 Å². The molecule has 0 unspecified atom stereocenters. The van der Waals surface area contributed by atoms with E-state index in [4.69, 9.17) is 4.52 Å². The third kappa shape index (κ3) is 4.32. The van der Waals surface area contributed by atoms with E-state index in [1.807, 2.05) is 13.0 Å². The fourth-order valence-corrected chi connectivity index (χ4v) is 4.11. The average molecular weight is 306 g/mol. The van der Waals surface area contributed by atoms with Crippen LogP contribution in [0.3, 0.4) is 0 Å². The van der Waals surface area contributed by atoms with Crippen molar-refractivity contribution in [3.8, 4) is 0 Å². The highest BCUT2D eigenvalue weighted by Gasteiger charge is 2.32. The molecule has 2 heterocycles. The number of hydrogen-bond donors (Lipinski definition) is 1. The van der Waals surface area contributed by atoms with E-state index in [2.05, 4.69) is 10.1 Å². The lowest BCUT2D eigenvalue weighted by atomic mass is 9.96. The molecule has 0 radical (unpaired) electrons. The Kier molecular flexibility index (Phi) is 5.53. The first-order chi connectivity index (χ1) is 10.7. The second-order valence-corrected chi connectivity index (χ2v) is 7.37. The first kappa shape index (κ1) is 16.0. The lowest BCUT2D eigenvalue weighted by molar-refractivity contribution is 0.137. The van der Waals surface area contributed by atoms with Crippen molar-refractivity contribution in [1.29, 1.82) is 0 Å². The molecule has 3 rings (SSSR count). The number of nitrogens with zero attached hydrogens (tertiary/aromatic N) is 2. The van der Waals surface area contributed by atoms with Gasteiger partial charge in [0.25, 0.3) is 0 Å². The van der Waals surface area contributed by atoms with Crippen LogP contribution in [0.5, 0.6) is 0 Å². The quantitative estimate of drug-likeness (QED) is 0.849. The summed E-state index contributed by atoms with van der Waals surface area (Å²) in [6.45, 7) is 4.91. The molecule has 22 heavy (non-hydrogen) atoms. The third-order valence-electron chi connectivity index (χ3n) is 5.45. The van der Waals surface area contributed by atoms with Gasteiger partial charge < -0.3 is 14.5 Å². The summed E-state index contributed by atoms with van der Waals surface area (Å²) in [7, 11) is 0. The van der Waals surface area contributed by atoms with Gasteiger partial charge in [-0.05, 0) is 25.8 Å². The van der Waals surface area contributed by atoms with Crippen LogP contribution in [0.15, 0.2) is 10.6 Å². The largest absolute Gasteiger partial charge is 0.391 e. The molecule has 1 aromatic rings. The monoisotopic (exact) mass is 306 g/mol. The SMILES string of the molecule is Cc1cc(C[C@@H]2CN(CCC3CCCCCC3)C[C@H]2O)on1. The highest BCUT2D eigenvalue weighted by molar-refractivity contribution is 5.05. The molecule has 1 aromatic heterocycles. The Hall–Kier alpha value is -0.870. The lowest BCUT2D eigenvalue weighted by Crippen LogP contribution is -2.24. The second-order valence-electron chi connectivity index (χ2n) is 7.37. The van der Waals surface area contributed by atoms with Crippen LogP contribution in [-0.4, -0.2) is 40.9 Å². The molecule has 2 aliphatic rings. The molecule has 0 spiro atoms. The summed E-state index contributed by atoms with van der Waals surface area (Å²) < 4.78 is 5.30. The molecule has 124 valence electrons. The molecule has 0 amide bonds. The highest BCUT2D eigenvalue weighted by atomic mass is 16.5. The Bertz CT molecular complexity index is 452. The number of aromatic nitrogens is 1. The van der Waals surface area contributed by atoms with Crippen LogP contribution in [0.1, 0.15) is 56.4 Å². The number of likely N-dealkylation sites (tertiary alicyclic amines) is 1. The fourth-order valence-electron chi connectivity index (χ4n) is 4.11. The molecule has 1 N–H and O–H groups in total. The molecule has 0 bridgehead atoms. The van der Waals surface area contributed by atoms with E-state index >= 15 is 0 Å². The van der Waals surface area contributed by atoms with E-state index in [0.29, 0.717) is 5.92 Å². The van der Waals surface area contributed by atoms with E-state index in [1.54, 1.807) is 0 Å². The molecule has 1 aliphatic carbocycles. The zero-order valence-corrected chi connectivity index (χ0v) is 13.8. The van der Waals surface area contributed by atoms with Gasteiger partial charge in [0.15, 0.2) is 0 Å². The maximum absolute atomic E-state index is 10.3. The van der Waals surface area contributed by atoms with Crippen molar-refractivity contribution in [1.82, 2.24) is 10.1 Å². The van der Waals surface area contributed by atoms with Crippen LogP contribution < -0.4 is 0 Å². The maximum Gasteiger partial charge on any atom is 0.137 e. The molecule has 1 saturated heterocycles. The first-order valence-electron chi connectivity index (χ1n) is 9.03. The number of aliphatic hydroxyl groups excluding tert-OH is 1. The zero-order chi connectivity index (χ0) is 15.4. The van der Waals surface area contributed by atoms with Gasteiger partial charge in [-0.15, -0.1) is 0 Å². The molecule has 0 aromatic carbocycles. The van der Waals surface area contributed by atoms with Crippen LogP contribution >= 0.6 is 0 Å². The van der Waals surface area contributed by atoms with Crippen LogP contribution in [0.2, 0.25) is 0 Å². The van der Waals surface area contributed by atoms with Crippen molar-refractivity contribution in [2.75, 3.05) is 19.6 Å². The molecular weight excluding hydrogens is 276 g/mol. The summed E-state index contributed by atoms with van der Waals surface area (Å²) in [5.74, 6) is 2.12. The maximum atomic E-state index is 10.3. The van der Waals surface area contributed by atoms with E-state index in [1.165, 1.54) is 44.9 Å². The normalized spacial score (nSPS) is 28.1. The van der Waals surface area contributed by atoms with Gasteiger partial charge in [-0.2, -0.15) is 0 Å². The minimum Gasteiger partial charge on any atom is -0.391 e. The van der Waals surface area contributed by atoms with E-state index in [0.717, 1.165) is 43.4 Å². The zero-order valence-electron chi connectivity index (χ0n) is 13.8. The van der Waals surface area contributed by atoms with Gasteiger partial charge in [0.05, 0.1) is 11.8 Å². The van der Waals surface area contributed by atoms with Crippen LogP contribution in [0.4, 0.5) is 0 Å². The Morgan fingerprint density at radius 3 is 2.68 bits per heavy atom. The molecule has 4 nitrogen and oxygen atoms in total. The topological polar surface area (TPSA) is 49.5 Å². The fraction of sp³-hybridized carbons (Fsp3) is 0.833. The van der Waals surface area contributed by atoms with Gasteiger partial charge in [-0.1, -0.05) is 43.7 Å². The van der Waals surface area contributed by atoms with Crippen LogP contribution in [0, 0.1) is 18.8 Å². The van der Waals surface area contributed by atoms with E-state index in [-0.39, 0.29) is 6.10 Å². The minimum atomic E-state index is -0.223. The molecule has 1 aliphatic heterocycles. The summed E-state index contributed by atoms with van der Waals surface area (Å²) in [5.41, 5.74) is 0.924. The number of aliphatic hydroxyl groups is 1. The van der Waals surface area contributed by atoms with E-state index < -0.39 is 0 Å². The summed E-state index contributed by atoms with van der Waals surface area (Å²) in [5, 5.41) is 14.2. The van der Waals surface area contributed by atoms with Gasteiger partial charge >= 0.3 is 0 Å². The molecular formula is C18H30N2O2. The van der Waals surface area contributed by atoms with Gasteiger partial charge in [-0.25, -0.2) is 0 Å². The third-order valence-corrected chi connectivity index (χ3v) is 5.45. The summed E-state index contributed by atoms with van der Waals surface area (Å²) in [6.07, 6.45) is 10.4. The van der Waals surface area contributed by atoms with Gasteiger partial charge in [0.2, 0.25) is 0 Å². The predicted molar refractivity (Wildman–Crippen MR) is 86.7 cm³/mol. The highest BCUT2D eigenvalue weighted by Crippen LogP contribution is 2.27.